The Morgan fingerprint density at radius 2 is 1.85 bits per heavy atom. The van der Waals surface area contributed by atoms with E-state index < -0.39 is 0 Å². The first-order valence-corrected chi connectivity index (χ1v) is 8.83. The van der Waals surface area contributed by atoms with Crippen LogP contribution in [0.3, 0.4) is 0 Å². The summed E-state index contributed by atoms with van der Waals surface area (Å²) in [5.74, 6) is 0.804. The third-order valence-electron chi connectivity index (χ3n) is 4.75. The van der Waals surface area contributed by atoms with Gasteiger partial charge in [0.15, 0.2) is 5.65 Å². The van der Waals surface area contributed by atoms with E-state index in [4.69, 9.17) is 4.98 Å². The number of rotatable bonds is 3. The van der Waals surface area contributed by atoms with E-state index in [9.17, 15) is 4.79 Å². The molecule has 1 aliphatic heterocycles. The van der Waals surface area contributed by atoms with Crippen LogP contribution >= 0.6 is 0 Å². The molecule has 1 aliphatic rings. The molecule has 5 rings (SSSR count). The molecule has 3 heterocycles. The van der Waals surface area contributed by atoms with Gasteiger partial charge in [0, 0.05) is 23.4 Å². The van der Waals surface area contributed by atoms with Crippen LogP contribution < -0.4 is 10.6 Å². The second-order valence-electron chi connectivity index (χ2n) is 6.53. The summed E-state index contributed by atoms with van der Waals surface area (Å²) in [6, 6.07) is 21.6. The number of carbonyl (C=O) groups excluding carboxylic acids is 1. The lowest BCUT2D eigenvalue weighted by Gasteiger charge is -2.27. The Bertz CT molecular complexity index is 1140. The average Bonchev–Trinajstić information content (AvgIpc) is 3.17. The van der Waals surface area contributed by atoms with Gasteiger partial charge in [-0.3, -0.25) is 4.79 Å². The molecule has 0 aliphatic carbocycles. The molecular formula is C21H17N5O. The topological polar surface area (TPSA) is 71.3 Å². The molecule has 6 heteroatoms. The van der Waals surface area contributed by atoms with Crippen LogP contribution in [-0.2, 0) is 4.79 Å². The maximum Gasteiger partial charge on any atom is 0.226 e. The minimum atomic E-state index is -0.131. The van der Waals surface area contributed by atoms with E-state index in [1.54, 1.807) is 10.7 Å². The Labute approximate surface area is 155 Å². The largest absolute Gasteiger partial charge is 0.362 e. The number of hydrogen-bond acceptors (Lipinski definition) is 4. The van der Waals surface area contributed by atoms with Crippen molar-refractivity contribution in [2.75, 3.05) is 10.6 Å². The third-order valence-corrected chi connectivity index (χ3v) is 4.75. The first kappa shape index (κ1) is 15.6. The van der Waals surface area contributed by atoms with Crippen LogP contribution in [0.2, 0.25) is 0 Å². The molecular weight excluding hydrogens is 338 g/mol. The zero-order chi connectivity index (χ0) is 18.2. The lowest BCUT2D eigenvalue weighted by molar-refractivity contribution is -0.116. The maximum absolute atomic E-state index is 12.1. The normalized spacial score (nSPS) is 16.0. The van der Waals surface area contributed by atoms with Gasteiger partial charge in [-0.2, -0.15) is 9.61 Å². The van der Waals surface area contributed by atoms with E-state index in [0.717, 1.165) is 34.0 Å². The second-order valence-corrected chi connectivity index (χ2v) is 6.53. The zero-order valence-electron chi connectivity index (χ0n) is 14.5. The van der Waals surface area contributed by atoms with Crippen molar-refractivity contribution in [3.8, 4) is 11.3 Å². The highest BCUT2D eigenvalue weighted by Gasteiger charge is 2.25. The molecule has 0 saturated carbocycles. The summed E-state index contributed by atoms with van der Waals surface area (Å²) in [5, 5.41) is 10.8. The predicted octanol–water partition coefficient (Wildman–Crippen LogP) is 3.89. The quantitative estimate of drug-likeness (QED) is 0.585. The van der Waals surface area contributed by atoms with Crippen molar-refractivity contribution in [3.63, 3.8) is 0 Å². The van der Waals surface area contributed by atoms with Crippen LogP contribution in [0.4, 0.5) is 11.5 Å². The van der Waals surface area contributed by atoms with E-state index in [1.165, 1.54) is 0 Å². The van der Waals surface area contributed by atoms with Gasteiger partial charge in [0.05, 0.1) is 24.4 Å². The lowest BCUT2D eigenvalue weighted by atomic mass is 9.97. The van der Waals surface area contributed by atoms with Gasteiger partial charge in [0.1, 0.15) is 5.82 Å². The second kappa shape index (κ2) is 6.25. The molecule has 0 spiro atoms. The van der Waals surface area contributed by atoms with E-state index in [2.05, 4.69) is 15.7 Å². The van der Waals surface area contributed by atoms with Crippen molar-refractivity contribution < 1.29 is 4.79 Å². The fraction of sp³-hybridized carbons (Fsp3) is 0.0952. The van der Waals surface area contributed by atoms with Crippen LogP contribution in [0, 0.1) is 0 Å². The maximum atomic E-state index is 12.1. The number of anilines is 2. The Kier molecular flexibility index (Phi) is 3.60. The molecule has 27 heavy (non-hydrogen) atoms. The first-order valence-electron chi connectivity index (χ1n) is 8.83. The van der Waals surface area contributed by atoms with Crippen molar-refractivity contribution in [2.24, 2.45) is 0 Å². The summed E-state index contributed by atoms with van der Waals surface area (Å²) in [7, 11) is 0. The third kappa shape index (κ3) is 2.81. The molecule has 6 nitrogen and oxygen atoms in total. The molecule has 0 unspecified atom stereocenters. The van der Waals surface area contributed by atoms with Crippen LogP contribution in [0.1, 0.15) is 18.0 Å². The number of amides is 1. The van der Waals surface area contributed by atoms with Gasteiger partial charge in [-0.1, -0.05) is 48.5 Å². The van der Waals surface area contributed by atoms with Crippen molar-refractivity contribution in [2.45, 2.75) is 12.5 Å². The zero-order valence-corrected chi connectivity index (χ0v) is 14.5. The molecule has 1 amide bonds. The van der Waals surface area contributed by atoms with Crippen molar-refractivity contribution >= 4 is 23.1 Å². The van der Waals surface area contributed by atoms with Crippen LogP contribution in [0.5, 0.6) is 0 Å². The number of aromatic nitrogens is 3. The van der Waals surface area contributed by atoms with Gasteiger partial charge in [0.2, 0.25) is 5.91 Å². The van der Waals surface area contributed by atoms with E-state index in [1.807, 2.05) is 66.7 Å². The van der Waals surface area contributed by atoms with Gasteiger partial charge in [-0.25, -0.2) is 4.98 Å². The number of para-hydroxylation sites is 1. The van der Waals surface area contributed by atoms with Gasteiger partial charge >= 0.3 is 0 Å². The van der Waals surface area contributed by atoms with E-state index in [-0.39, 0.29) is 11.9 Å². The van der Waals surface area contributed by atoms with Gasteiger partial charge < -0.3 is 10.6 Å². The summed E-state index contributed by atoms with van der Waals surface area (Å²) in [6.07, 6.45) is 2.09. The number of nitrogens with one attached hydrogen (secondary N) is 2. The highest BCUT2D eigenvalue weighted by atomic mass is 16.1. The number of carbonyl (C=O) groups is 1. The summed E-state index contributed by atoms with van der Waals surface area (Å²) in [4.78, 5) is 16.8. The number of nitrogens with zero attached hydrogens (tertiary/aromatic N) is 3. The lowest BCUT2D eigenvalue weighted by Crippen LogP contribution is -2.27. The first-order chi connectivity index (χ1) is 13.3. The van der Waals surface area contributed by atoms with Gasteiger partial charge in [-0.15, -0.1) is 0 Å². The summed E-state index contributed by atoms with van der Waals surface area (Å²) >= 11 is 0. The van der Waals surface area contributed by atoms with Crippen LogP contribution in [0.25, 0.3) is 16.9 Å². The fourth-order valence-corrected chi connectivity index (χ4v) is 3.49. The average molecular weight is 355 g/mol. The Morgan fingerprint density at radius 3 is 2.74 bits per heavy atom. The molecule has 132 valence electrons. The summed E-state index contributed by atoms with van der Waals surface area (Å²) < 4.78 is 1.77. The highest BCUT2D eigenvalue weighted by Crippen LogP contribution is 2.33. The molecule has 2 aromatic heterocycles. The van der Waals surface area contributed by atoms with E-state index >= 15 is 0 Å². The molecule has 0 bridgehead atoms. The minimum Gasteiger partial charge on any atom is -0.362 e. The van der Waals surface area contributed by atoms with Crippen molar-refractivity contribution in [1.82, 2.24) is 14.6 Å². The Hall–Kier alpha value is -3.67. The van der Waals surface area contributed by atoms with Crippen LogP contribution in [0.15, 0.2) is 72.9 Å². The van der Waals surface area contributed by atoms with Gasteiger partial charge in [-0.05, 0) is 11.6 Å². The Balaban J connectivity index is 1.59. The summed E-state index contributed by atoms with van der Waals surface area (Å²) in [6.45, 7) is 0. The molecule has 4 aromatic rings. The monoisotopic (exact) mass is 355 g/mol. The highest BCUT2D eigenvalue weighted by molar-refractivity contribution is 5.95. The summed E-state index contributed by atoms with van der Waals surface area (Å²) in [5.41, 5.74) is 4.56. The number of hydrogen-bond donors (Lipinski definition) is 2. The van der Waals surface area contributed by atoms with Crippen molar-refractivity contribution in [1.29, 1.82) is 0 Å². The molecule has 1 atom stereocenters. The standard InChI is InChI=1S/C21H17N5O/c27-21-13-18(15-8-4-5-9-16(15)25-21)24-20-12-17(14-6-2-1-3-7-14)23-19-10-11-22-26(19)20/h1-12,18,24H,13H2,(H,25,27)/t18-/m0/s1. The van der Waals surface area contributed by atoms with Crippen LogP contribution in [-0.4, -0.2) is 20.5 Å². The smallest absolute Gasteiger partial charge is 0.226 e. The minimum absolute atomic E-state index is 0.000230. The number of fused-ring (bicyclic) bond motifs is 2. The predicted molar refractivity (Wildman–Crippen MR) is 104 cm³/mol. The SMILES string of the molecule is O=C1C[C@H](Nc2cc(-c3ccccc3)nc3ccnn23)c2ccccc2N1. The van der Waals surface area contributed by atoms with Crippen molar-refractivity contribution in [3.05, 3.63) is 78.5 Å². The molecule has 0 saturated heterocycles. The fourth-order valence-electron chi connectivity index (χ4n) is 3.49. The Morgan fingerprint density at radius 1 is 1.04 bits per heavy atom. The molecule has 2 N–H and O–H groups in total. The molecule has 0 radical (unpaired) electrons. The molecule has 0 fully saturated rings. The van der Waals surface area contributed by atoms with E-state index in [0.29, 0.717) is 6.42 Å². The molecule has 2 aromatic carbocycles. The van der Waals surface area contributed by atoms with Gasteiger partial charge in [0.25, 0.3) is 0 Å². The number of benzene rings is 2.